The summed E-state index contributed by atoms with van der Waals surface area (Å²) in [5, 5.41) is 4.00. The maximum Gasteiger partial charge on any atom is 0.355 e. The van der Waals surface area contributed by atoms with Crippen molar-refractivity contribution in [2.75, 3.05) is 18.5 Å². The highest BCUT2D eigenvalue weighted by Crippen LogP contribution is 2.29. The first-order valence-corrected chi connectivity index (χ1v) is 9.52. The minimum absolute atomic E-state index is 0.303. The average molecular weight is 395 g/mol. The zero-order valence-corrected chi connectivity index (χ0v) is 15.8. The number of nitrogens with one attached hydrogen (secondary N) is 2. The molecule has 0 aliphatic carbocycles. The Morgan fingerprint density at radius 3 is 2.86 bits per heavy atom. The lowest BCUT2D eigenvalue weighted by Gasteiger charge is -2.03. The maximum atomic E-state index is 12.2. The molecule has 4 rings (SSSR count). The van der Waals surface area contributed by atoms with Gasteiger partial charge in [-0.15, -0.1) is 0 Å². The topological polar surface area (TPSA) is 93.3 Å². The Morgan fingerprint density at radius 2 is 2.04 bits per heavy atom. The number of thiazole rings is 1. The van der Waals surface area contributed by atoms with E-state index in [-0.39, 0.29) is 0 Å². The molecule has 0 saturated carbocycles. The fraction of sp³-hybridized carbons (Fsp3) is 0.150. The predicted molar refractivity (Wildman–Crippen MR) is 108 cm³/mol. The van der Waals surface area contributed by atoms with E-state index in [1.165, 1.54) is 11.3 Å². The van der Waals surface area contributed by atoms with E-state index in [9.17, 15) is 9.59 Å². The lowest BCUT2D eigenvalue weighted by Crippen LogP contribution is -2.20. The maximum absolute atomic E-state index is 12.2. The van der Waals surface area contributed by atoms with Crippen LogP contribution in [-0.4, -0.2) is 35.1 Å². The monoisotopic (exact) mass is 395 g/mol. The fourth-order valence-electron chi connectivity index (χ4n) is 2.76. The Kier molecular flexibility index (Phi) is 4.94. The highest BCUT2D eigenvalue weighted by Gasteiger charge is 2.14. The van der Waals surface area contributed by atoms with E-state index in [0.29, 0.717) is 17.4 Å². The lowest BCUT2D eigenvalue weighted by molar-refractivity contribution is -0.119. The molecule has 0 atom stereocenters. The highest BCUT2D eigenvalue weighted by molar-refractivity contribution is 7.22. The third kappa shape index (κ3) is 3.81. The highest BCUT2D eigenvalue weighted by atomic mass is 32.1. The van der Waals surface area contributed by atoms with Crippen LogP contribution >= 0.6 is 11.3 Å². The second kappa shape index (κ2) is 7.69. The molecule has 28 heavy (non-hydrogen) atoms. The molecule has 8 heteroatoms. The van der Waals surface area contributed by atoms with Gasteiger partial charge in [-0.1, -0.05) is 29.5 Å². The van der Waals surface area contributed by atoms with E-state index in [4.69, 9.17) is 9.47 Å². The van der Waals surface area contributed by atoms with Crippen LogP contribution < -0.4 is 10.1 Å². The van der Waals surface area contributed by atoms with Gasteiger partial charge in [0.25, 0.3) is 5.91 Å². The van der Waals surface area contributed by atoms with Crippen molar-refractivity contribution in [3.8, 4) is 5.75 Å². The van der Waals surface area contributed by atoms with Crippen molar-refractivity contribution in [2.45, 2.75) is 6.92 Å². The van der Waals surface area contributed by atoms with E-state index in [2.05, 4.69) is 15.3 Å². The van der Waals surface area contributed by atoms with Crippen LogP contribution in [0, 0.1) is 0 Å². The third-order valence-electron chi connectivity index (χ3n) is 4.00. The van der Waals surface area contributed by atoms with E-state index in [1.807, 2.05) is 49.4 Å². The van der Waals surface area contributed by atoms with Crippen LogP contribution in [0.15, 0.2) is 48.5 Å². The van der Waals surface area contributed by atoms with Crippen molar-refractivity contribution in [3.05, 3.63) is 54.2 Å². The molecule has 2 aromatic carbocycles. The molecule has 2 heterocycles. The second-order valence-electron chi connectivity index (χ2n) is 5.98. The van der Waals surface area contributed by atoms with Crippen LogP contribution in [0.3, 0.4) is 0 Å². The van der Waals surface area contributed by atoms with Crippen LogP contribution in [0.4, 0.5) is 5.13 Å². The number of ether oxygens (including phenoxy) is 2. The minimum atomic E-state index is -0.586. The van der Waals surface area contributed by atoms with Crippen LogP contribution in [0.25, 0.3) is 21.1 Å². The first-order chi connectivity index (χ1) is 13.6. The molecule has 0 unspecified atom stereocenters. The lowest BCUT2D eigenvalue weighted by atomic mass is 10.2. The van der Waals surface area contributed by atoms with Gasteiger partial charge in [0.15, 0.2) is 11.7 Å². The Hall–Kier alpha value is -3.39. The number of para-hydroxylation sites is 1. The Labute approximate surface area is 164 Å². The summed E-state index contributed by atoms with van der Waals surface area (Å²) in [7, 11) is 0. The number of aromatic amines is 1. The molecule has 2 N–H and O–H groups in total. The number of anilines is 1. The number of esters is 1. The molecule has 0 aliphatic heterocycles. The average Bonchev–Trinajstić information content (AvgIpc) is 3.29. The van der Waals surface area contributed by atoms with E-state index in [0.717, 1.165) is 26.9 Å². The third-order valence-corrected chi connectivity index (χ3v) is 4.94. The van der Waals surface area contributed by atoms with Gasteiger partial charge in [0.05, 0.1) is 16.8 Å². The van der Waals surface area contributed by atoms with Crippen molar-refractivity contribution >= 4 is 49.5 Å². The van der Waals surface area contributed by atoms with E-state index >= 15 is 0 Å². The van der Waals surface area contributed by atoms with Crippen LogP contribution in [0.5, 0.6) is 5.75 Å². The molecular formula is C20H17N3O4S. The number of H-pyrrole nitrogens is 1. The standard InChI is InChI=1S/C20H17N3O4S/c1-2-26-13-7-8-15-17(10-13)28-20(22-15)23-18(24)11-27-19(25)16-9-12-5-3-4-6-14(12)21-16/h3-10,21H,2,11H2,1H3,(H,22,23,24). The number of hydrogen-bond donors (Lipinski definition) is 2. The first kappa shape index (κ1) is 18.0. The molecule has 0 aliphatic rings. The largest absolute Gasteiger partial charge is 0.494 e. The number of nitrogens with zero attached hydrogens (tertiary/aromatic N) is 1. The number of carbonyl (C=O) groups is 2. The summed E-state index contributed by atoms with van der Waals surface area (Å²) in [6, 6.07) is 14.7. The number of benzene rings is 2. The van der Waals surface area contributed by atoms with Crippen LogP contribution in [-0.2, 0) is 9.53 Å². The zero-order chi connectivity index (χ0) is 19.5. The summed E-state index contributed by atoms with van der Waals surface area (Å²) in [5.41, 5.74) is 1.90. The molecule has 7 nitrogen and oxygen atoms in total. The fourth-order valence-corrected chi connectivity index (χ4v) is 3.67. The normalized spacial score (nSPS) is 10.9. The number of hydrogen-bond acceptors (Lipinski definition) is 6. The number of amides is 1. The Morgan fingerprint density at radius 1 is 1.18 bits per heavy atom. The molecule has 2 aromatic heterocycles. The summed E-state index contributed by atoms with van der Waals surface area (Å²) in [4.78, 5) is 31.6. The Balaban J connectivity index is 1.37. The summed E-state index contributed by atoms with van der Waals surface area (Å²) >= 11 is 1.33. The van der Waals surface area contributed by atoms with Crippen LogP contribution in [0.1, 0.15) is 17.4 Å². The second-order valence-corrected chi connectivity index (χ2v) is 7.01. The molecular weight excluding hydrogens is 378 g/mol. The van der Waals surface area contributed by atoms with Gasteiger partial charge in [-0.3, -0.25) is 10.1 Å². The number of aromatic nitrogens is 2. The molecule has 1 amide bonds. The molecule has 0 spiro atoms. The van der Waals surface area contributed by atoms with Crippen molar-refractivity contribution in [2.24, 2.45) is 0 Å². The zero-order valence-electron chi connectivity index (χ0n) is 15.0. The minimum Gasteiger partial charge on any atom is -0.494 e. The number of rotatable bonds is 6. The smallest absolute Gasteiger partial charge is 0.355 e. The molecule has 142 valence electrons. The van der Waals surface area contributed by atoms with Gasteiger partial charge >= 0.3 is 5.97 Å². The predicted octanol–water partition coefficient (Wildman–Crippen LogP) is 3.97. The van der Waals surface area contributed by atoms with Gasteiger partial charge < -0.3 is 14.5 Å². The number of carbonyl (C=O) groups excluding carboxylic acids is 2. The van der Waals surface area contributed by atoms with Gasteiger partial charge in [-0.25, -0.2) is 9.78 Å². The van der Waals surface area contributed by atoms with Crippen molar-refractivity contribution < 1.29 is 19.1 Å². The van der Waals surface area contributed by atoms with E-state index in [1.54, 1.807) is 6.07 Å². The number of fused-ring (bicyclic) bond motifs is 2. The molecule has 0 saturated heterocycles. The quantitative estimate of drug-likeness (QED) is 0.482. The summed E-state index contributed by atoms with van der Waals surface area (Å²) in [6.45, 7) is 2.10. The SMILES string of the molecule is CCOc1ccc2nc(NC(=O)COC(=O)c3cc4ccccc4[nH]3)sc2c1. The molecule has 0 radical (unpaired) electrons. The summed E-state index contributed by atoms with van der Waals surface area (Å²) in [6.07, 6.45) is 0. The molecule has 0 fully saturated rings. The first-order valence-electron chi connectivity index (χ1n) is 8.70. The van der Waals surface area contributed by atoms with Gasteiger partial charge in [0, 0.05) is 10.9 Å². The summed E-state index contributed by atoms with van der Waals surface area (Å²) < 4.78 is 11.5. The van der Waals surface area contributed by atoms with Crippen molar-refractivity contribution in [3.63, 3.8) is 0 Å². The van der Waals surface area contributed by atoms with Crippen molar-refractivity contribution in [1.82, 2.24) is 9.97 Å². The van der Waals surface area contributed by atoms with E-state index < -0.39 is 18.5 Å². The Bertz CT molecular complexity index is 1130. The van der Waals surface area contributed by atoms with Crippen LogP contribution in [0.2, 0.25) is 0 Å². The van der Waals surface area contributed by atoms with Crippen molar-refractivity contribution in [1.29, 1.82) is 0 Å². The van der Waals surface area contributed by atoms with Gasteiger partial charge in [0.2, 0.25) is 0 Å². The molecule has 4 aromatic rings. The van der Waals surface area contributed by atoms with Gasteiger partial charge in [-0.05, 0) is 37.3 Å². The van der Waals surface area contributed by atoms with Gasteiger partial charge in [-0.2, -0.15) is 0 Å². The summed E-state index contributed by atoms with van der Waals surface area (Å²) in [5.74, 6) is -0.283. The van der Waals surface area contributed by atoms with Gasteiger partial charge in [0.1, 0.15) is 11.4 Å². The molecule has 0 bridgehead atoms.